The van der Waals surface area contributed by atoms with E-state index in [0.717, 1.165) is 6.61 Å². The van der Waals surface area contributed by atoms with Gasteiger partial charge >= 0.3 is 0 Å². The van der Waals surface area contributed by atoms with Crippen LogP contribution in [0.3, 0.4) is 0 Å². The monoisotopic (exact) mass is 402 g/mol. The van der Waals surface area contributed by atoms with Crippen LogP contribution in [-0.4, -0.2) is 57.1 Å². The molecule has 0 radical (unpaired) electrons. The van der Waals surface area contributed by atoms with E-state index in [4.69, 9.17) is 43.9 Å². The summed E-state index contributed by atoms with van der Waals surface area (Å²) in [6.45, 7) is 1.99. The van der Waals surface area contributed by atoms with Gasteiger partial charge in [-0.1, -0.05) is 24.3 Å². The predicted molar refractivity (Wildman–Crippen MR) is 103 cm³/mol. The molecular formula is C20H25ClO6. The molecular weight excluding hydrogens is 372 g/mol. The van der Waals surface area contributed by atoms with Crippen molar-refractivity contribution in [2.75, 3.05) is 39.8 Å². The standard InChI is InChI=1S/C10H12O3.C7H8O2.C3H5ClO/c1-11-9-4-2-3-5-10(9)13-7-8-6-12-8;1-9-7-5-3-2-4-6(7)8;4-1-3-2-5-3/h2-5,8H,6-7H2,1H3;2-5,8H,1H3;3H,1-2H2/i2*1D3;. The summed E-state index contributed by atoms with van der Waals surface area (Å²) in [4.78, 5) is 0. The summed E-state index contributed by atoms with van der Waals surface area (Å²) in [5.41, 5.74) is 0. The van der Waals surface area contributed by atoms with Crippen LogP contribution >= 0.6 is 11.6 Å². The topological polar surface area (TPSA) is 73.0 Å². The maximum absolute atomic E-state index is 9.10. The van der Waals surface area contributed by atoms with Crippen LogP contribution in [0.1, 0.15) is 8.22 Å². The first-order valence-electron chi connectivity index (χ1n) is 11.1. The number of halogens is 1. The minimum atomic E-state index is -2.52. The van der Waals surface area contributed by atoms with Gasteiger partial charge in [-0.2, -0.15) is 0 Å². The lowest BCUT2D eigenvalue weighted by atomic mass is 10.3. The lowest BCUT2D eigenvalue weighted by Crippen LogP contribution is -2.04. The van der Waals surface area contributed by atoms with Gasteiger partial charge in [0.05, 0.1) is 47.5 Å². The number of alkyl halides is 1. The summed E-state index contributed by atoms with van der Waals surface area (Å²) in [6, 6.07) is 12.6. The molecule has 2 aliphatic heterocycles. The second-order valence-electron chi connectivity index (χ2n) is 5.49. The highest BCUT2D eigenvalue weighted by atomic mass is 35.5. The highest BCUT2D eigenvalue weighted by Crippen LogP contribution is 2.26. The number of aromatic hydroxyl groups is 1. The SMILES string of the molecule is ClCC1CO1.[2H]C([2H])([2H])Oc1ccccc1O.[2H]C([2H])([2H])Oc1ccccc1OCC1CO1. The van der Waals surface area contributed by atoms with E-state index in [1.165, 1.54) is 12.1 Å². The highest BCUT2D eigenvalue weighted by molar-refractivity contribution is 6.18. The minimum absolute atomic E-state index is 0.0301. The molecule has 2 aromatic carbocycles. The zero-order valence-corrected chi connectivity index (χ0v) is 15.2. The third-order valence-electron chi connectivity index (χ3n) is 3.34. The van der Waals surface area contributed by atoms with Gasteiger partial charge in [0.15, 0.2) is 23.0 Å². The van der Waals surface area contributed by atoms with Crippen molar-refractivity contribution in [2.24, 2.45) is 0 Å². The Balaban J connectivity index is 0.000000198. The summed E-state index contributed by atoms with van der Waals surface area (Å²) < 4.78 is 65.8. The number of methoxy groups -OCH3 is 2. The summed E-state index contributed by atoms with van der Waals surface area (Å²) in [5.74, 6) is 1.11. The van der Waals surface area contributed by atoms with E-state index in [9.17, 15) is 0 Å². The van der Waals surface area contributed by atoms with E-state index in [1.54, 1.807) is 36.4 Å². The first-order chi connectivity index (χ1) is 15.5. The van der Waals surface area contributed by atoms with Crippen LogP contribution in [-0.2, 0) is 9.47 Å². The third-order valence-corrected chi connectivity index (χ3v) is 3.68. The fourth-order valence-corrected chi connectivity index (χ4v) is 1.88. The van der Waals surface area contributed by atoms with Crippen LogP contribution in [0.15, 0.2) is 48.5 Å². The Hall–Kier alpha value is -2.15. The molecule has 2 unspecified atom stereocenters. The molecule has 7 heteroatoms. The van der Waals surface area contributed by atoms with Gasteiger partial charge in [-0.15, -0.1) is 11.6 Å². The van der Waals surface area contributed by atoms with Crippen LogP contribution < -0.4 is 14.2 Å². The van der Waals surface area contributed by atoms with Crippen LogP contribution in [0.2, 0.25) is 0 Å². The molecule has 2 aromatic rings. The number of benzene rings is 2. The van der Waals surface area contributed by atoms with Crippen molar-refractivity contribution in [1.29, 1.82) is 0 Å². The predicted octanol–water partition coefficient (Wildman–Crippen LogP) is 3.50. The van der Waals surface area contributed by atoms with Gasteiger partial charge < -0.3 is 28.8 Å². The second-order valence-corrected chi connectivity index (χ2v) is 5.80. The van der Waals surface area contributed by atoms with Crippen LogP contribution in [0.25, 0.3) is 0 Å². The average Bonchev–Trinajstić information content (AvgIpc) is 3.62. The Bertz CT molecular complexity index is 855. The first kappa shape index (κ1) is 13.9. The Morgan fingerprint density at radius 1 is 0.963 bits per heavy atom. The Morgan fingerprint density at radius 3 is 2.04 bits per heavy atom. The van der Waals surface area contributed by atoms with Gasteiger partial charge in [0.1, 0.15) is 12.7 Å². The lowest BCUT2D eigenvalue weighted by molar-refractivity contribution is 0.252. The molecule has 0 spiro atoms. The Labute approximate surface area is 173 Å². The number of hydrogen-bond donors (Lipinski definition) is 1. The first-order valence-corrected chi connectivity index (χ1v) is 8.67. The van der Waals surface area contributed by atoms with Crippen LogP contribution in [0.4, 0.5) is 0 Å². The van der Waals surface area contributed by atoms with Crippen molar-refractivity contribution in [3.05, 3.63) is 48.5 Å². The lowest BCUT2D eigenvalue weighted by Gasteiger charge is -2.08. The summed E-state index contributed by atoms with van der Waals surface area (Å²) >= 11 is 5.27. The minimum Gasteiger partial charge on any atom is -0.504 e. The molecule has 2 atom stereocenters. The zero-order valence-electron chi connectivity index (χ0n) is 20.5. The smallest absolute Gasteiger partial charge is 0.161 e. The molecule has 2 heterocycles. The summed E-state index contributed by atoms with van der Waals surface area (Å²) in [6.07, 6.45) is 0.525. The maximum Gasteiger partial charge on any atom is 0.161 e. The van der Waals surface area contributed by atoms with Gasteiger partial charge in [0.25, 0.3) is 0 Å². The number of ether oxygens (including phenoxy) is 5. The zero-order chi connectivity index (χ0) is 24.5. The third kappa shape index (κ3) is 8.39. The van der Waals surface area contributed by atoms with Crippen molar-refractivity contribution in [3.63, 3.8) is 0 Å². The largest absolute Gasteiger partial charge is 0.504 e. The van der Waals surface area contributed by atoms with Crippen LogP contribution in [0, 0.1) is 0 Å². The summed E-state index contributed by atoms with van der Waals surface area (Å²) in [7, 11) is -4.98. The molecule has 2 saturated heterocycles. The fourth-order valence-electron chi connectivity index (χ4n) is 1.70. The normalized spacial score (nSPS) is 23.0. The molecule has 0 aromatic heterocycles. The van der Waals surface area contributed by atoms with E-state index in [-0.39, 0.29) is 23.4 Å². The van der Waals surface area contributed by atoms with E-state index in [1.807, 2.05) is 0 Å². The Morgan fingerprint density at radius 2 is 1.52 bits per heavy atom. The molecule has 1 N–H and O–H groups in total. The van der Waals surface area contributed by atoms with Gasteiger partial charge in [-0.25, -0.2) is 0 Å². The molecule has 2 fully saturated rings. The molecule has 0 saturated carbocycles. The molecule has 0 aliphatic carbocycles. The van der Waals surface area contributed by atoms with E-state index < -0.39 is 14.1 Å². The number of hydrogen-bond acceptors (Lipinski definition) is 6. The van der Waals surface area contributed by atoms with Crippen molar-refractivity contribution in [1.82, 2.24) is 0 Å². The number of para-hydroxylation sites is 4. The number of rotatable bonds is 6. The molecule has 148 valence electrons. The number of phenolic OH excluding ortho intramolecular Hbond substituents is 1. The fraction of sp³-hybridized carbons (Fsp3) is 0.400. The Kier molecular flexibility index (Phi) is 5.96. The molecule has 6 nitrogen and oxygen atoms in total. The van der Waals surface area contributed by atoms with Crippen molar-refractivity contribution in [3.8, 4) is 23.0 Å². The summed E-state index contributed by atoms with van der Waals surface area (Å²) in [5, 5.41) is 9.10. The van der Waals surface area contributed by atoms with E-state index >= 15 is 0 Å². The molecule has 0 amide bonds. The second kappa shape index (κ2) is 11.5. The quantitative estimate of drug-likeness (QED) is 0.589. The number of epoxide rings is 2. The van der Waals surface area contributed by atoms with Gasteiger partial charge in [0.2, 0.25) is 0 Å². The van der Waals surface area contributed by atoms with Crippen LogP contribution in [0.5, 0.6) is 23.0 Å². The molecule has 0 bridgehead atoms. The number of phenols is 1. The van der Waals surface area contributed by atoms with Gasteiger partial charge in [-0.3, -0.25) is 0 Å². The average molecular weight is 403 g/mol. The van der Waals surface area contributed by atoms with Crippen molar-refractivity contribution in [2.45, 2.75) is 12.2 Å². The van der Waals surface area contributed by atoms with E-state index in [2.05, 4.69) is 4.74 Å². The van der Waals surface area contributed by atoms with Crippen molar-refractivity contribution < 1.29 is 37.0 Å². The van der Waals surface area contributed by atoms with Crippen molar-refractivity contribution >= 4 is 11.6 Å². The van der Waals surface area contributed by atoms with Gasteiger partial charge in [0, 0.05) is 0 Å². The maximum atomic E-state index is 9.10. The molecule has 27 heavy (non-hydrogen) atoms. The molecule has 4 rings (SSSR count). The van der Waals surface area contributed by atoms with Gasteiger partial charge in [-0.05, 0) is 24.3 Å². The highest BCUT2D eigenvalue weighted by Gasteiger charge is 2.23. The molecule has 2 aliphatic rings. The van der Waals surface area contributed by atoms with E-state index in [0.29, 0.717) is 30.9 Å².